The van der Waals surface area contributed by atoms with E-state index in [1.807, 2.05) is 0 Å². The molecule has 2 heteroatoms. The minimum Gasteiger partial charge on any atom is -0.309 e. The number of hydrogen-bond acceptors (Lipinski definition) is 2. The van der Waals surface area contributed by atoms with Gasteiger partial charge in [-0.2, -0.15) is 0 Å². The Morgan fingerprint density at radius 1 is 0.256 bits per heavy atom. The third kappa shape index (κ3) is 9.58. The molecule has 0 saturated heterocycles. The number of rotatable bonds is 12. The van der Waals surface area contributed by atoms with Crippen LogP contribution in [0.25, 0.3) is 99.1 Å². The number of aryl methyl sites for hydroxylation is 2. The Bertz CT molecular complexity index is 4500. The van der Waals surface area contributed by atoms with Gasteiger partial charge in [-0.1, -0.05) is 288 Å². The second-order valence-corrected chi connectivity index (χ2v) is 24.2. The maximum absolute atomic E-state index is 2.65. The lowest BCUT2D eigenvalue weighted by atomic mass is 9.83. The largest absolute Gasteiger partial charge is 0.309 e. The summed E-state index contributed by atoms with van der Waals surface area (Å²) in [6.07, 6.45) is 0. The number of hydrogen-bond donors (Lipinski definition) is 0. The zero-order valence-corrected chi connectivity index (χ0v) is 50.0. The molecule has 14 aromatic carbocycles. The quantitative estimate of drug-likeness (QED) is 0.113. The summed E-state index contributed by atoms with van der Waals surface area (Å²) in [4.78, 5) is 5.30. The van der Waals surface area contributed by atoms with Gasteiger partial charge in [0.05, 0.1) is 34.1 Å². The fraction of sp³-hybridized carbons (Fsp3) is 0.0952. The van der Waals surface area contributed by atoms with Gasteiger partial charge in [-0.15, -0.1) is 0 Å². The van der Waals surface area contributed by atoms with Crippen molar-refractivity contribution in [3.05, 3.63) is 313 Å². The van der Waals surface area contributed by atoms with Crippen LogP contribution >= 0.6 is 0 Å². The van der Waals surface area contributed by atoms with Crippen LogP contribution in [0.2, 0.25) is 0 Å². The number of anilines is 6. The van der Waals surface area contributed by atoms with Crippen molar-refractivity contribution in [2.24, 2.45) is 0 Å². The molecule has 414 valence electrons. The average molecular weight is 1110 g/mol. The van der Waals surface area contributed by atoms with Crippen molar-refractivity contribution < 1.29 is 0 Å². The summed E-state index contributed by atoms with van der Waals surface area (Å²) < 4.78 is 0. The van der Waals surface area contributed by atoms with E-state index in [0.29, 0.717) is 0 Å². The maximum atomic E-state index is 2.65. The lowest BCUT2D eigenvalue weighted by Gasteiger charge is -2.37. The Hall–Kier alpha value is -10.3. The standard InChI is InChI=1S/C84H68N2/c1-55-38-44-70(61-30-18-10-19-31-61)57(3)82(55)85(76-52-65(59-26-14-8-15-27-59)40-46-72(76)63-34-22-12-23-35-63)78-54-79(75-49-43-68-51-69(84(5,6)7)50-67-42-48-74(78)81(75)80(67)68)86(83-56(2)39-45-71(58(83)4)62-32-20-11-21-33-62)77-53-66(60-28-16-9-17-29-60)41-47-73(77)64-36-24-13-25-37-64/h8-54H,1-7H3. The van der Waals surface area contributed by atoms with Crippen LogP contribution in [0.5, 0.6) is 0 Å². The van der Waals surface area contributed by atoms with Gasteiger partial charge >= 0.3 is 0 Å². The molecule has 0 radical (unpaired) electrons. The van der Waals surface area contributed by atoms with E-state index in [1.165, 1.54) is 82.4 Å². The van der Waals surface area contributed by atoms with Crippen LogP contribution in [0, 0.1) is 27.7 Å². The molecule has 0 amide bonds. The van der Waals surface area contributed by atoms with E-state index in [1.54, 1.807) is 0 Å². The molecular weight excluding hydrogens is 1040 g/mol. The van der Waals surface area contributed by atoms with Crippen molar-refractivity contribution in [1.82, 2.24) is 0 Å². The second kappa shape index (κ2) is 22.0. The molecule has 2 nitrogen and oxygen atoms in total. The zero-order valence-electron chi connectivity index (χ0n) is 50.0. The molecule has 0 spiro atoms. The fourth-order valence-corrected chi connectivity index (χ4v) is 13.4. The minimum atomic E-state index is -0.0682. The molecule has 0 fully saturated rings. The molecule has 86 heavy (non-hydrogen) atoms. The Balaban J connectivity index is 1.20. The Kier molecular flexibility index (Phi) is 13.8. The van der Waals surface area contributed by atoms with E-state index in [4.69, 9.17) is 0 Å². The molecule has 14 rings (SSSR count). The van der Waals surface area contributed by atoms with Gasteiger partial charge in [-0.3, -0.25) is 0 Å². The van der Waals surface area contributed by atoms with Gasteiger partial charge in [0.25, 0.3) is 0 Å². The molecule has 0 atom stereocenters. The van der Waals surface area contributed by atoms with Gasteiger partial charge < -0.3 is 9.80 Å². The van der Waals surface area contributed by atoms with Crippen LogP contribution in [0.3, 0.4) is 0 Å². The van der Waals surface area contributed by atoms with Crippen molar-refractivity contribution in [3.63, 3.8) is 0 Å². The maximum Gasteiger partial charge on any atom is 0.0562 e. The van der Waals surface area contributed by atoms with E-state index in [-0.39, 0.29) is 5.41 Å². The molecule has 0 aliphatic rings. The van der Waals surface area contributed by atoms with Crippen LogP contribution in [-0.2, 0) is 5.41 Å². The van der Waals surface area contributed by atoms with E-state index >= 15 is 0 Å². The number of benzene rings is 14. The number of nitrogens with zero attached hydrogens (tertiary/aromatic N) is 2. The van der Waals surface area contributed by atoms with E-state index in [0.717, 1.165) is 78.6 Å². The van der Waals surface area contributed by atoms with Gasteiger partial charge in [0, 0.05) is 27.3 Å². The van der Waals surface area contributed by atoms with Gasteiger partial charge in [-0.05, 0) is 151 Å². The van der Waals surface area contributed by atoms with E-state index < -0.39 is 0 Å². The SMILES string of the molecule is Cc1ccc(-c2ccccc2)c(C)c1N(c1cc(-c2ccccc2)ccc1-c1ccccc1)c1cc(N(c2cc(-c3ccccc3)ccc2-c2ccccc2)c2c(C)ccc(-c3ccccc3)c2C)c2ccc3cc(C(C)(C)C)cc4ccc1c2c43. The first kappa shape index (κ1) is 53.7. The lowest BCUT2D eigenvalue weighted by molar-refractivity contribution is 0.591. The Labute approximate surface area is 506 Å². The first-order valence-corrected chi connectivity index (χ1v) is 30.2. The first-order chi connectivity index (χ1) is 42.0. The summed E-state index contributed by atoms with van der Waals surface area (Å²) in [6.45, 7) is 16.3. The highest BCUT2D eigenvalue weighted by molar-refractivity contribution is 6.29. The molecule has 0 bridgehead atoms. The minimum absolute atomic E-state index is 0.0682. The third-order valence-corrected chi connectivity index (χ3v) is 17.8. The summed E-state index contributed by atoms with van der Waals surface area (Å²) >= 11 is 0. The first-order valence-electron chi connectivity index (χ1n) is 30.2. The van der Waals surface area contributed by atoms with Crippen molar-refractivity contribution in [2.45, 2.75) is 53.9 Å². The summed E-state index contributed by atoms with van der Waals surface area (Å²) in [7, 11) is 0. The van der Waals surface area contributed by atoms with Crippen LogP contribution < -0.4 is 9.80 Å². The fourth-order valence-electron chi connectivity index (χ4n) is 13.4. The molecule has 0 unspecified atom stereocenters. The van der Waals surface area contributed by atoms with Gasteiger partial charge in [0.2, 0.25) is 0 Å². The van der Waals surface area contributed by atoms with Crippen LogP contribution in [0.15, 0.2) is 285 Å². The van der Waals surface area contributed by atoms with Crippen molar-refractivity contribution in [1.29, 1.82) is 0 Å². The highest BCUT2D eigenvalue weighted by Gasteiger charge is 2.31. The smallest absolute Gasteiger partial charge is 0.0562 e. The van der Waals surface area contributed by atoms with Crippen LogP contribution in [0.4, 0.5) is 34.1 Å². The average Bonchev–Trinajstić information content (AvgIpc) is 0.732. The molecule has 0 aromatic heterocycles. The Morgan fingerprint density at radius 2 is 0.581 bits per heavy atom. The van der Waals surface area contributed by atoms with Crippen LogP contribution in [-0.4, -0.2) is 0 Å². The molecule has 0 N–H and O–H groups in total. The molecule has 0 aliphatic heterocycles. The predicted octanol–water partition coefficient (Wildman–Crippen LogP) is 24.1. The van der Waals surface area contributed by atoms with E-state index in [2.05, 4.69) is 343 Å². The summed E-state index contributed by atoms with van der Waals surface area (Å²) in [5, 5.41) is 7.30. The van der Waals surface area contributed by atoms with E-state index in [9.17, 15) is 0 Å². The van der Waals surface area contributed by atoms with Crippen LogP contribution in [0.1, 0.15) is 48.6 Å². The lowest BCUT2D eigenvalue weighted by Crippen LogP contribution is -2.18. The van der Waals surface area contributed by atoms with Crippen molar-refractivity contribution in [2.75, 3.05) is 9.80 Å². The molecule has 0 aliphatic carbocycles. The molecule has 14 aromatic rings. The van der Waals surface area contributed by atoms with Gasteiger partial charge in [-0.25, -0.2) is 0 Å². The summed E-state index contributed by atoms with van der Waals surface area (Å²) in [5.74, 6) is 0. The normalized spacial score (nSPS) is 11.7. The van der Waals surface area contributed by atoms with Crippen molar-refractivity contribution >= 4 is 66.4 Å². The molecular formula is C84H68N2. The summed E-state index contributed by atoms with van der Waals surface area (Å²) in [5.41, 5.74) is 26.5. The van der Waals surface area contributed by atoms with Gasteiger partial charge in [0.15, 0.2) is 0 Å². The van der Waals surface area contributed by atoms with Gasteiger partial charge in [0.1, 0.15) is 0 Å². The topological polar surface area (TPSA) is 6.48 Å². The Morgan fingerprint density at radius 3 is 0.930 bits per heavy atom. The zero-order chi connectivity index (χ0) is 58.6. The van der Waals surface area contributed by atoms with Crippen molar-refractivity contribution in [3.8, 4) is 66.8 Å². The summed E-state index contributed by atoms with van der Waals surface area (Å²) in [6, 6.07) is 106. The monoisotopic (exact) mass is 1100 g/mol. The predicted molar refractivity (Wildman–Crippen MR) is 370 cm³/mol. The molecule has 0 saturated carbocycles. The third-order valence-electron chi connectivity index (χ3n) is 17.8. The highest BCUT2D eigenvalue weighted by Crippen LogP contribution is 2.56. The second-order valence-electron chi connectivity index (χ2n) is 24.2. The highest BCUT2D eigenvalue weighted by atomic mass is 15.2. The molecule has 0 heterocycles.